The Bertz CT molecular complexity index is 53.2. The third-order valence-electron chi connectivity index (χ3n) is 1.68. The molecule has 41 valence electrons. The van der Waals surface area contributed by atoms with E-state index in [1.54, 1.807) is 0 Å². The summed E-state index contributed by atoms with van der Waals surface area (Å²) < 4.78 is 0. The number of hydrogen-bond acceptors (Lipinski definition) is 1. The van der Waals surface area contributed by atoms with Crippen molar-refractivity contribution in [2.75, 3.05) is 13.6 Å². The Labute approximate surface area is 45.3 Å². The second kappa shape index (κ2) is 1.83. The molecule has 1 heterocycles. The fourth-order valence-corrected chi connectivity index (χ4v) is 0.903. The molecule has 1 heteroatoms. The zero-order valence-corrected chi connectivity index (χ0v) is 5.02. The van der Waals surface area contributed by atoms with Crippen LogP contribution in [0, 0.1) is 6.42 Å². The van der Waals surface area contributed by atoms with E-state index in [-0.39, 0.29) is 0 Å². The molecule has 0 aromatic rings. The van der Waals surface area contributed by atoms with Crippen LogP contribution in [0.4, 0.5) is 0 Å². The van der Waals surface area contributed by atoms with Gasteiger partial charge in [0.05, 0.1) is 0 Å². The van der Waals surface area contributed by atoms with E-state index in [9.17, 15) is 0 Å². The quantitative estimate of drug-likeness (QED) is 0.435. The van der Waals surface area contributed by atoms with Gasteiger partial charge >= 0.3 is 0 Å². The maximum absolute atomic E-state index is 2.35. The Morgan fingerprint density at radius 3 is 2.57 bits per heavy atom. The van der Waals surface area contributed by atoms with Crippen LogP contribution in [0.25, 0.3) is 0 Å². The van der Waals surface area contributed by atoms with E-state index >= 15 is 0 Å². The predicted octanol–water partition coefficient (Wildman–Crippen LogP) is 0.915. The molecule has 1 rings (SSSR count). The summed E-state index contributed by atoms with van der Waals surface area (Å²) in [6.07, 6.45) is 3.62. The molecule has 0 aliphatic carbocycles. The van der Waals surface area contributed by atoms with E-state index in [0.29, 0.717) is 0 Å². The molecule has 0 N–H and O–H groups in total. The molecule has 0 aromatic carbocycles. The molecule has 0 spiro atoms. The predicted molar refractivity (Wildman–Crippen MR) is 31.0 cm³/mol. The van der Waals surface area contributed by atoms with Gasteiger partial charge in [-0.1, -0.05) is 0 Å². The van der Waals surface area contributed by atoms with Crippen LogP contribution in [-0.2, 0) is 0 Å². The highest BCUT2D eigenvalue weighted by Crippen LogP contribution is 2.11. The van der Waals surface area contributed by atoms with Crippen LogP contribution in [0.5, 0.6) is 0 Å². The zero-order valence-electron chi connectivity index (χ0n) is 5.02. The summed E-state index contributed by atoms with van der Waals surface area (Å²) in [5.41, 5.74) is 0. The lowest BCUT2D eigenvalue weighted by molar-refractivity contribution is 0.346. The van der Waals surface area contributed by atoms with E-state index in [1.165, 1.54) is 13.0 Å². The normalized spacial score (nSPS) is 34.3. The second-order valence-electron chi connectivity index (χ2n) is 2.25. The SMILES string of the molecule is CC1[CH]CCN1C. The lowest BCUT2D eigenvalue weighted by atomic mass is 10.3. The van der Waals surface area contributed by atoms with Crippen molar-refractivity contribution in [3.63, 3.8) is 0 Å². The van der Waals surface area contributed by atoms with Gasteiger partial charge in [0.15, 0.2) is 0 Å². The number of nitrogens with zero attached hydrogens (tertiary/aromatic N) is 1. The molecular weight excluding hydrogens is 86.1 g/mol. The largest absolute Gasteiger partial charge is 0.303 e. The van der Waals surface area contributed by atoms with Crippen molar-refractivity contribution >= 4 is 0 Å². The van der Waals surface area contributed by atoms with Crippen LogP contribution in [0.1, 0.15) is 13.3 Å². The lowest BCUT2D eigenvalue weighted by Gasteiger charge is -2.11. The summed E-state index contributed by atoms with van der Waals surface area (Å²) in [5, 5.41) is 0. The average molecular weight is 98.2 g/mol. The number of rotatable bonds is 0. The van der Waals surface area contributed by atoms with Crippen molar-refractivity contribution in [1.29, 1.82) is 0 Å². The molecule has 7 heavy (non-hydrogen) atoms. The Balaban J connectivity index is 2.33. The molecule has 1 saturated heterocycles. The topological polar surface area (TPSA) is 3.24 Å². The lowest BCUT2D eigenvalue weighted by Crippen LogP contribution is -2.21. The van der Waals surface area contributed by atoms with Crippen molar-refractivity contribution in [2.45, 2.75) is 19.4 Å². The molecule has 0 bridgehead atoms. The van der Waals surface area contributed by atoms with Gasteiger partial charge in [0.25, 0.3) is 0 Å². The Morgan fingerprint density at radius 2 is 2.43 bits per heavy atom. The molecule has 1 fully saturated rings. The highest BCUT2D eigenvalue weighted by Gasteiger charge is 2.14. The third kappa shape index (κ3) is 0.942. The zero-order chi connectivity index (χ0) is 5.28. The number of hydrogen-bond donors (Lipinski definition) is 0. The molecular formula is C6H12N. The third-order valence-corrected chi connectivity index (χ3v) is 1.68. The second-order valence-corrected chi connectivity index (χ2v) is 2.25. The Hall–Kier alpha value is -0.0400. The Morgan fingerprint density at radius 1 is 1.71 bits per heavy atom. The van der Waals surface area contributed by atoms with Crippen LogP contribution < -0.4 is 0 Å². The first-order valence-corrected chi connectivity index (χ1v) is 2.84. The minimum absolute atomic E-state index is 0.722. The van der Waals surface area contributed by atoms with Gasteiger partial charge < -0.3 is 4.90 Å². The van der Waals surface area contributed by atoms with E-state index < -0.39 is 0 Å². The van der Waals surface area contributed by atoms with Crippen LogP contribution in [0.3, 0.4) is 0 Å². The standard InChI is InChI=1S/C6H12N/c1-6-4-3-5-7(6)2/h4,6H,3,5H2,1-2H3. The van der Waals surface area contributed by atoms with Gasteiger partial charge in [0, 0.05) is 6.04 Å². The maximum atomic E-state index is 2.35. The highest BCUT2D eigenvalue weighted by atomic mass is 15.1. The van der Waals surface area contributed by atoms with Crippen molar-refractivity contribution in [3.05, 3.63) is 6.42 Å². The molecule has 1 nitrogen and oxygen atoms in total. The fourth-order valence-electron chi connectivity index (χ4n) is 0.903. The first-order valence-electron chi connectivity index (χ1n) is 2.84. The maximum Gasteiger partial charge on any atom is 0.00958 e. The van der Waals surface area contributed by atoms with E-state index in [0.717, 1.165) is 6.04 Å². The minimum Gasteiger partial charge on any atom is -0.303 e. The van der Waals surface area contributed by atoms with Crippen molar-refractivity contribution in [3.8, 4) is 0 Å². The van der Waals surface area contributed by atoms with Gasteiger partial charge in [0.2, 0.25) is 0 Å². The first-order chi connectivity index (χ1) is 3.30. The summed E-state index contributed by atoms with van der Waals surface area (Å²) in [6.45, 7) is 3.48. The highest BCUT2D eigenvalue weighted by molar-refractivity contribution is 4.87. The molecule has 1 aliphatic rings. The van der Waals surface area contributed by atoms with Crippen LogP contribution in [0.2, 0.25) is 0 Å². The summed E-state index contributed by atoms with van der Waals surface area (Å²) in [4.78, 5) is 2.35. The van der Waals surface area contributed by atoms with Gasteiger partial charge in [-0.05, 0) is 33.4 Å². The van der Waals surface area contributed by atoms with E-state index in [4.69, 9.17) is 0 Å². The van der Waals surface area contributed by atoms with Gasteiger partial charge in [-0.25, -0.2) is 0 Å². The summed E-state index contributed by atoms with van der Waals surface area (Å²) in [7, 11) is 2.16. The van der Waals surface area contributed by atoms with E-state index in [2.05, 4.69) is 25.3 Å². The van der Waals surface area contributed by atoms with Crippen LogP contribution >= 0.6 is 0 Å². The molecule has 1 atom stereocenters. The van der Waals surface area contributed by atoms with Crippen molar-refractivity contribution in [1.82, 2.24) is 4.90 Å². The van der Waals surface area contributed by atoms with Crippen molar-refractivity contribution in [2.24, 2.45) is 0 Å². The van der Waals surface area contributed by atoms with Gasteiger partial charge in [-0.2, -0.15) is 0 Å². The van der Waals surface area contributed by atoms with Gasteiger partial charge in [-0.3, -0.25) is 0 Å². The summed E-state index contributed by atoms with van der Waals surface area (Å²) >= 11 is 0. The molecule has 1 radical (unpaired) electrons. The molecule has 0 saturated carbocycles. The van der Waals surface area contributed by atoms with Gasteiger partial charge in [0.1, 0.15) is 0 Å². The van der Waals surface area contributed by atoms with Crippen molar-refractivity contribution < 1.29 is 0 Å². The van der Waals surface area contributed by atoms with Crippen LogP contribution in [-0.4, -0.2) is 24.5 Å². The summed E-state index contributed by atoms with van der Waals surface area (Å²) in [5.74, 6) is 0. The summed E-state index contributed by atoms with van der Waals surface area (Å²) in [6, 6.07) is 0.722. The molecule has 1 aliphatic heterocycles. The molecule has 1 unspecified atom stereocenters. The fraction of sp³-hybridized carbons (Fsp3) is 0.833. The minimum atomic E-state index is 0.722. The van der Waals surface area contributed by atoms with Crippen LogP contribution in [0.15, 0.2) is 0 Å². The number of likely N-dealkylation sites (tertiary alicyclic amines) is 1. The first kappa shape index (κ1) is 5.10. The monoisotopic (exact) mass is 98.1 g/mol. The Kier molecular flexibility index (Phi) is 1.33. The smallest absolute Gasteiger partial charge is 0.00958 e. The van der Waals surface area contributed by atoms with E-state index in [1.807, 2.05) is 0 Å². The molecule has 0 aromatic heterocycles. The van der Waals surface area contributed by atoms with Gasteiger partial charge in [-0.15, -0.1) is 0 Å². The average Bonchev–Trinajstić information content (AvgIpc) is 1.91. The molecule has 0 amide bonds.